The number of nitrogens with zero attached hydrogens (tertiary/aromatic N) is 1. The van der Waals surface area contributed by atoms with Crippen LogP contribution >= 0.6 is 11.8 Å². The molecule has 0 radical (unpaired) electrons. The third-order valence-electron chi connectivity index (χ3n) is 3.05. The van der Waals surface area contributed by atoms with E-state index in [2.05, 4.69) is 9.97 Å². The van der Waals surface area contributed by atoms with Crippen molar-refractivity contribution in [2.45, 2.75) is 4.90 Å². The van der Waals surface area contributed by atoms with Crippen molar-refractivity contribution in [1.29, 1.82) is 0 Å². The highest BCUT2D eigenvalue weighted by atomic mass is 32.2. The molecular weight excluding hydrogens is 256 g/mol. The minimum atomic E-state index is 0.0203. The van der Waals surface area contributed by atoms with Crippen LogP contribution in [0.4, 0.5) is 0 Å². The lowest BCUT2D eigenvalue weighted by molar-refractivity contribution is 0.104. The van der Waals surface area contributed by atoms with E-state index >= 15 is 0 Å². The van der Waals surface area contributed by atoms with Crippen LogP contribution in [0.3, 0.4) is 0 Å². The maximum atomic E-state index is 12.5. The second-order valence-corrected chi connectivity index (χ2v) is 5.04. The number of nitrogens with one attached hydrogen (secondary N) is 1. The van der Waals surface area contributed by atoms with E-state index in [-0.39, 0.29) is 5.78 Å². The lowest BCUT2D eigenvalue weighted by Crippen LogP contribution is -1.99. The van der Waals surface area contributed by atoms with Gasteiger partial charge in [-0.2, -0.15) is 0 Å². The largest absolute Gasteiger partial charge is 0.345 e. The molecule has 3 aromatic rings. The van der Waals surface area contributed by atoms with Gasteiger partial charge in [0, 0.05) is 33.8 Å². The van der Waals surface area contributed by atoms with Crippen molar-refractivity contribution < 1.29 is 4.79 Å². The van der Waals surface area contributed by atoms with Crippen molar-refractivity contribution in [3.63, 3.8) is 0 Å². The highest BCUT2D eigenvalue weighted by molar-refractivity contribution is 7.98. The predicted octanol–water partition coefficient (Wildman–Crippen LogP) is 3.52. The summed E-state index contributed by atoms with van der Waals surface area (Å²) in [6.45, 7) is 0. The van der Waals surface area contributed by atoms with Gasteiger partial charge < -0.3 is 4.98 Å². The van der Waals surface area contributed by atoms with Gasteiger partial charge in [0.1, 0.15) is 5.65 Å². The number of carbonyl (C=O) groups is 1. The first-order chi connectivity index (χ1) is 9.29. The van der Waals surface area contributed by atoms with Gasteiger partial charge in [-0.05, 0) is 42.7 Å². The molecule has 0 aliphatic carbocycles. The quantitative estimate of drug-likeness (QED) is 0.584. The Bertz CT molecular complexity index is 731. The van der Waals surface area contributed by atoms with E-state index in [1.807, 2.05) is 42.7 Å². The summed E-state index contributed by atoms with van der Waals surface area (Å²) in [6, 6.07) is 11.4. The topological polar surface area (TPSA) is 45.8 Å². The van der Waals surface area contributed by atoms with Crippen molar-refractivity contribution in [3.05, 3.63) is 59.9 Å². The SMILES string of the molecule is CSc1ccc(C(=O)c2c[nH]c3ncccc23)cc1. The van der Waals surface area contributed by atoms with Crippen molar-refractivity contribution in [1.82, 2.24) is 9.97 Å². The molecule has 0 amide bonds. The molecule has 1 aromatic carbocycles. The van der Waals surface area contributed by atoms with Crippen LogP contribution in [0.25, 0.3) is 11.0 Å². The van der Waals surface area contributed by atoms with Crippen LogP contribution in [0.5, 0.6) is 0 Å². The number of aromatic amines is 1. The van der Waals surface area contributed by atoms with Crippen LogP contribution < -0.4 is 0 Å². The molecule has 2 heterocycles. The smallest absolute Gasteiger partial charge is 0.195 e. The first kappa shape index (κ1) is 12.0. The Balaban J connectivity index is 2.03. The first-order valence-corrected chi connectivity index (χ1v) is 7.13. The number of hydrogen-bond acceptors (Lipinski definition) is 3. The fourth-order valence-corrected chi connectivity index (χ4v) is 2.45. The van der Waals surface area contributed by atoms with Crippen LogP contribution in [0.2, 0.25) is 0 Å². The third-order valence-corrected chi connectivity index (χ3v) is 3.79. The van der Waals surface area contributed by atoms with Crippen molar-refractivity contribution in [3.8, 4) is 0 Å². The van der Waals surface area contributed by atoms with E-state index < -0.39 is 0 Å². The number of hydrogen-bond donors (Lipinski definition) is 1. The molecule has 0 aliphatic rings. The summed E-state index contributed by atoms with van der Waals surface area (Å²) >= 11 is 1.66. The van der Waals surface area contributed by atoms with Gasteiger partial charge in [-0.15, -0.1) is 11.8 Å². The fourth-order valence-electron chi connectivity index (χ4n) is 2.04. The lowest BCUT2D eigenvalue weighted by Gasteiger charge is -2.01. The zero-order valence-electron chi connectivity index (χ0n) is 10.4. The van der Waals surface area contributed by atoms with Gasteiger partial charge in [0.25, 0.3) is 0 Å². The molecule has 0 bridgehead atoms. The van der Waals surface area contributed by atoms with Crippen molar-refractivity contribution >= 4 is 28.6 Å². The Morgan fingerprint density at radius 3 is 2.74 bits per heavy atom. The summed E-state index contributed by atoms with van der Waals surface area (Å²) in [5.74, 6) is 0.0203. The number of ketones is 1. The monoisotopic (exact) mass is 268 g/mol. The maximum absolute atomic E-state index is 12.5. The molecule has 0 atom stereocenters. The minimum Gasteiger partial charge on any atom is -0.345 e. The number of rotatable bonds is 3. The summed E-state index contributed by atoms with van der Waals surface area (Å²) in [4.78, 5) is 20.8. The molecule has 0 unspecified atom stereocenters. The molecular formula is C15H12N2OS. The lowest BCUT2D eigenvalue weighted by atomic mass is 10.0. The molecule has 0 saturated heterocycles. The predicted molar refractivity (Wildman–Crippen MR) is 77.7 cm³/mol. The molecule has 3 rings (SSSR count). The Kier molecular flexibility index (Phi) is 3.09. The summed E-state index contributed by atoms with van der Waals surface area (Å²) in [5, 5.41) is 0.862. The van der Waals surface area contributed by atoms with E-state index in [4.69, 9.17) is 0 Å². The summed E-state index contributed by atoms with van der Waals surface area (Å²) in [5.41, 5.74) is 2.11. The first-order valence-electron chi connectivity index (χ1n) is 5.90. The average molecular weight is 268 g/mol. The van der Waals surface area contributed by atoms with Crippen LogP contribution in [0, 0.1) is 0 Å². The van der Waals surface area contributed by atoms with E-state index in [0.717, 1.165) is 15.9 Å². The normalized spacial score (nSPS) is 10.8. The molecule has 0 aliphatic heterocycles. The van der Waals surface area contributed by atoms with Gasteiger partial charge in [-0.25, -0.2) is 4.98 Å². The van der Waals surface area contributed by atoms with Crippen molar-refractivity contribution in [2.75, 3.05) is 6.26 Å². The van der Waals surface area contributed by atoms with Crippen LogP contribution in [-0.4, -0.2) is 22.0 Å². The molecule has 0 spiro atoms. The Labute approximate surface area is 115 Å². The number of H-pyrrole nitrogens is 1. The number of thioether (sulfide) groups is 1. The van der Waals surface area contributed by atoms with Gasteiger partial charge >= 0.3 is 0 Å². The third kappa shape index (κ3) is 2.15. The van der Waals surface area contributed by atoms with Crippen LogP contribution in [0.15, 0.2) is 53.7 Å². The van der Waals surface area contributed by atoms with Gasteiger partial charge in [-0.3, -0.25) is 4.79 Å². The van der Waals surface area contributed by atoms with Crippen molar-refractivity contribution in [2.24, 2.45) is 0 Å². The Morgan fingerprint density at radius 2 is 2.00 bits per heavy atom. The van der Waals surface area contributed by atoms with Gasteiger partial charge in [0.2, 0.25) is 0 Å². The number of aromatic nitrogens is 2. The molecule has 1 N–H and O–H groups in total. The Hall–Kier alpha value is -2.07. The average Bonchev–Trinajstić information content (AvgIpc) is 2.90. The molecule has 0 saturated carbocycles. The summed E-state index contributed by atoms with van der Waals surface area (Å²) in [7, 11) is 0. The zero-order chi connectivity index (χ0) is 13.2. The molecule has 0 fully saturated rings. The van der Waals surface area contributed by atoms with E-state index in [9.17, 15) is 4.79 Å². The summed E-state index contributed by atoms with van der Waals surface area (Å²) < 4.78 is 0. The second-order valence-electron chi connectivity index (χ2n) is 4.16. The second kappa shape index (κ2) is 4.90. The maximum Gasteiger partial charge on any atom is 0.195 e. The molecule has 3 nitrogen and oxygen atoms in total. The van der Waals surface area contributed by atoms with E-state index in [1.54, 1.807) is 24.2 Å². The number of benzene rings is 1. The highest BCUT2D eigenvalue weighted by Gasteiger charge is 2.14. The van der Waals surface area contributed by atoms with Gasteiger partial charge in [0.15, 0.2) is 5.78 Å². The summed E-state index contributed by atoms with van der Waals surface area (Å²) in [6.07, 6.45) is 5.45. The number of pyridine rings is 1. The highest BCUT2D eigenvalue weighted by Crippen LogP contribution is 2.21. The van der Waals surface area contributed by atoms with E-state index in [1.165, 1.54) is 0 Å². The number of carbonyl (C=O) groups excluding carboxylic acids is 1. The fraction of sp³-hybridized carbons (Fsp3) is 0.0667. The molecule has 19 heavy (non-hydrogen) atoms. The van der Waals surface area contributed by atoms with Crippen LogP contribution in [-0.2, 0) is 0 Å². The number of fused-ring (bicyclic) bond motifs is 1. The standard InChI is InChI=1S/C15H12N2OS/c1-19-11-6-4-10(5-7-11)14(18)13-9-17-15-12(13)3-2-8-16-15/h2-9H,1H3,(H,16,17). The molecule has 94 valence electrons. The molecule has 4 heteroatoms. The Morgan fingerprint density at radius 1 is 1.21 bits per heavy atom. The molecule has 2 aromatic heterocycles. The van der Waals surface area contributed by atoms with E-state index in [0.29, 0.717) is 11.1 Å². The van der Waals surface area contributed by atoms with Crippen LogP contribution in [0.1, 0.15) is 15.9 Å². The zero-order valence-corrected chi connectivity index (χ0v) is 11.2. The van der Waals surface area contributed by atoms with Gasteiger partial charge in [-0.1, -0.05) is 0 Å². The minimum absolute atomic E-state index is 0.0203. The van der Waals surface area contributed by atoms with Gasteiger partial charge in [0.05, 0.1) is 0 Å².